The van der Waals surface area contributed by atoms with Gasteiger partial charge in [-0.2, -0.15) is 0 Å². The molecule has 102 valence electrons. The third kappa shape index (κ3) is 3.63. The van der Waals surface area contributed by atoms with Crippen molar-refractivity contribution in [1.82, 2.24) is 0 Å². The first-order valence-electron chi connectivity index (χ1n) is 7.07. The van der Waals surface area contributed by atoms with Crippen molar-refractivity contribution in [2.75, 3.05) is 0 Å². The summed E-state index contributed by atoms with van der Waals surface area (Å²) < 4.78 is 1.85. The van der Waals surface area contributed by atoms with Crippen LogP contribution < -0.4 is 4.57 Å². The molecule has 0 bridgehead atoms. The lowest BCUT2D eigenvalue weighted by molar-refractivity contribution is -0.586. The molecule has 22 heavy (non-hydrogen) atoms. The van der Waals surface area contributed by atoms with Crippen molar-refractivity contribution in [1.29, 1.82) is 0 Å². The molecule has 0 amide bonds. The second-order valence-corrected chi connectivity index (χ2v) is 4.67. The third-order valence-electron chi connectivity index (χ3n) is 3.06. The highest BCUT2D eigenvalue weighted by Gasteiger charge is 2.03. The van der Waals surface area contributed by atoms with Crippen molar-refractivity contribution >= 4 is 0 Å². The van der Waals surface area contributed by atoms with Crippen LogP contribution in [-0.4, -0.2) is 0 Å². The zero-order chi connectivity index (χ0) is 15.0. The van der Waals surface area contributed by atoms with E-state index in [1.54, 1.807) is 0 Å². The van der Waals surface area contributed by atoms with E-state index in [1.165, 1.54) is 0 Å². The van der Waals surface area contributed by atoms with Gasteiger partial charge in [0.2, 0.25) is 6.04 Å². The van der Waals surface area contributed by atoms with Gasteiger partial charge in [-0.25, -0.2) is 0 Å². The van der Waals surface area contributed by atoms with E-state index >= 15 is 0 Å². The van der Waals surface area contributed by atoms with Crippen molar-refractivity contribution in [3.8, 4) is 23.8 Å². The molecule has 0 atom stereocenters. The van der Waals surface area contributed by atoms with E-state index < -0.39 is 0 Å². The lowest BCUT2D eigenvalue weighted by atomic mass is 10.2. The van der Waals surface area contributed by atoms with Gasteiger partial charge in [-0.15, -0.1) is 4.57 Å². The van der Waals surface area contributed by atoms with Crippen LogP contribution in [-0.2, 0) is 0 Å². The summed E-state index contributed by atoms with van der Waals surface area (Å²) in [4.78, 5) is 0. The van der Waals surface area contributed by atoms with Gasteiger partial charge < -0.3 is 0 Å². The zero-order valence-electron chi connectivity index (χ0n) is 12.0. The minimum absolute atomic E-state index is 0.870. The van der Waals surface area contributed by atoms with Gasteiger partial charge in [0.1, 0.15) is 0 Å². The summed E-state index contributed by atoms with van der Waals surface area (Å²) in [6.07, 6.45) is 1.92. The van der Waals surface area contributed by atoms with Gasteiger partial charge in [-0.3, -0.25) is 0 Å². The second-order valence-electron chi connectivity index (χ2n) is 4.67. The Morgan fingerprint density at radius 1 is 0.545 bits per heavy atom. The molecule has 3 rings (SSSR count). The van der Waals surface area contributed by atoms with Crippen LogP contribution in [0.3, 0.4) is 0 Å². The lowest BCUT2D eigenvalue weighted by Gasteiger charge is -1.89. The molecule has 0 unspecified atom stereocenters. The van der Waals surface area contributed by atoms with Gasteiger partial charge in [0.25, 0.3) is 5.69 Å². The van der Waals surface area contributed by atoms with Crippen molar-refractivity contribution < 1.29 is 4.57 Å². The average Bonchev–Trinajstić information content (AvgIpc) is 2.61. The highest BCUT2D eigenvalue weighted by molar-refractivity contribution is 5.38. The number of hydrogen-bond donors (Lipinski definition) is 0. The van der Waals surface area contributed by atoms with E-state index in [4.69, 9.17) is 0 Å². The summed E-state index contributed by atoms with van der Waals surface area (Å²) in [6, 6.07) is 28.9. The molecule has 1 aromatic heterocycles. The summed E-state index contributed by atoms with van der Waals surface area (Å²) in [5.41, 5.74) is 2.85. The molecule has 3 aromatic rings. The van der Waals surface area contributed by atoms with Gasteiger partial charge in [0, 0.05) is 35.1 Å². The van der Waals surface area contributed by atoms with E-state index in [1.807, 2.05) is 89.6 Å². The Kier molecular flexibility index (Phi) is 4.31. The Balaban J connectivity index is 1.92. The molecule has 0 radical (unpaired) electrons. The quantitative estimate of drug-likeness (QED) is 0.440. The topological polar surface area (TPSA) is 3.88 Å². The van der Waals surface area contributed by atoms with E-state index in [0.29, 0.717) is 0 Å². The molecule has 0 spiro atoms. The standard InChI is InChI=1S/C21H14N/c1-3-9-19(10-4-1)14-15-21-13-7-8-17-22(21)18-16-20-11-5-2-6-12-20/h1-13,17H/q+1. The van der Waals surface area contributed by atoms with E-state index in [2.05, 4.69) is 23.8 Å². The normalized spacial score (nSPS) is 9.09. The Bertz CT molecular complexity index is 796. The number of pyridine rings is 1. The van der Waals surface area contributed by atoms with Gasteiger partial charge in [0.15, 0.2) is 6.20 Å². The van der Waals surface area contributed by atoms with E-state index in [9.17, 15) is 0 Å². The fourth-order valence-corrected chi connectivity index (χ4v) is 1.95. The minimum Gasteiger partial charge on any atom is -0.103 e. The molecule has 0 aliphatic rings. The maximum Gasteiger partial charge on any atom is 0.272 e. The number of rotatable bonds is 0. The summed E-state index contributed by atoms with van der Waals surface area (Å²) >= 11 is 0. The van der Waals surface area contributed by atoms with Gasteiger partial charge in [-0.1, -0.05) is 42.3 Å². The van der Waals surface area contributed by atoms with Gasteiger partial charge >= 0.3 is 0 Å². The molecule has 0 aliphatic heterocycles. The average molecular weight is 280 g/mol. The monoisotopic (exact) mass is 280 g/mol. The molecule has 1 nitrogen and oxygen atoms in total. The molecule has 1 heterocycles. The zero-order valence-corrected chi connectivity index (χ0v) is 12.0. The molecule has 0 saturated heterocycles. The smallest absolute Gasteiger partial charge is 0.103 e. The van der Waals surface area contributed by atoms with Crippen LogP contribution in [0, 0.1) is 23.8 Å². The summed E-state index contributed by atoms with van der Waals surface area (Å²) in [5, 5.41) is 0. The lowest BCUT2D eigenvalue weighted by Crippen LogP contribution is -2.31. The molecular weight excluding hydrogens is 266 g/mol. The predicted molar refractivity (Wildman–Crippen MR) is 87.8 cm³/mol. The van der Waals surface area contributed by atoms with Crippen LogP contribution in [0.5, 0.6) is 0 Å². The van der Waals surface area contributed by atoms with Crippen LogP contribution in [0.15, 0.2) is 85.1 Å². The molecule has 1 heteroatoms. The number of aromatic nitrogens is 1. The summed E-state index contributed by atoms with van der Waals surface area (Å²) in [7, 11) is 0. The first-order chi connectivity index (χ1) is 10.9. The van der Waals surface area contributed by atoms with Gasteiger partial charge in [0.05, 0.1) is 0 Å². The second kappa shape index (κ2) is 6.93. The van der Waals surface area contributed by atoms with Crippen molar-refractivity contribution in [2.24, 2.45) is 0 Å². The fourth-order valence-electron chi connectivity index (χ4n) is 1.95. The number of benzene rings is 2. The van der Waals surface area contributed by atoms with E-state index in [0.717, 1.165) is 16.8 Å². The maximum absolute atomic E-state index is 3.18. The Morgan fingerprint density at radius 2 is 1.14 bits per heavy atom. The Labute approximate surface area is 130 Å². The van der Waals surface area contributed by atoms with Crippen molar-refractivity contribution in [3.05, 3.63) is 102 Å². The van der Waals surface area contributed by atoms with Crippen LogP contribution in [0.1, 0.15) is 16.8 Å². The van der Waals surface area contributed by atoms with Crippen LogP contribution in [0.4, 0.5) is 0 Å². The van der Waals surface area contributed by atoms with Gasteiger partial charge in [-0.05, 0) is 30.3 Å². The van der Waals surface area contributed by atoms with Crippen LogP contribution in [0.25, 0.3) is 0 Å². The van der Waals surface area contributed by atoms with Crippen molar-refractivity contribution in [2.45, 2.75) is 0 Å². The van der Waals surface area contributed by atoms with Crippen LogP contribution >= 0.6 is 0 Å². The molecule has 0 N–H and O–H groups in total. The molecule has 0 fully saturated rings. The highest BCUT2D eigenvalue weighted by Crippen LogP contribution is 1.97. The SMILES string of the molecule is C(#Cc1cccc[n+]1C#Cc1ccccc1)c1ccccc1. The minimum atomic E-state index is 0.870. The number of hydrogen-bond acceptors (Lipinski definition) is 0. The van der Waals surface area contributed by atoms with E-state index in [-0.39, 0.29) is 0 Å². The number of nitrogens with zero attached hydrogens (tertiary/aromatic N) is 1. The molecule has 0 saturated carbocycles. The summed E-state index contributed by atoms with van der Waals surface area (Å²) in [6.45, 7) is 0. The Hall–Kier alpha value is -3.29. The predicted octanol–water partition coefficient (Wildman–Crippen LogP) is 3.23. The molecular formula is C21H14N+. The Morgan fingerprint density at radius 3 is 1.82 bits per heavy atom. The first-order valence-corrected chi connectivity index (χ1v) is 7.07. The molecule has 0 aliphatic carbocycles. The molecule has 2 aromatic carbocycles. The third-order valence-corrected chi connectivity index (χ3v) is 3.06. The highest BCUT2D eigenvalue weighted by atomic mass is 14.9. The largest absolute Gasteiger partial charge is 0.272 e. The van der Waals surface area contributed by atoms with Crippen LogP contribution in [0.2, 0.25) is 0 Å². The first kappa shape index (κ1) is 13.7. The maximum atomic E-state index is 3.18. The summed E-state index contributed by atoms with van der Waals surface area (Å²) in [5.74, 6) is 9.48. The van der Waals surface area contributed by atoms with Crippen molar-refractivity contribution in [3.63, 3.8) is 0 Å². The fraction of sp³-hybridized carbons (Fsp3) is 0.